The maximum absolute atomic E-state index is 12.1. The summed E-state index contributed by atoms with van der Waals surface area (Å²) < 4.78 is 62.6. The Morgan fingerprint density at radius 2 is 0.438 bits per heavy atom. The van der Waals surface area contributed by atoms with Gasteiger partial charge in [-0.05, 0) is 205 Å². The zero-order chi connectivity index (χ0) is 70.8. The lowest BCUT2D eigenvalue weighted by Gasteiger charge is -2.08. The van der Waals surface area contributed by atoms with Crippen LogP contribution in [0.1, 0.15) is 278 Å². The van der Waals surface area contributed by atoms with Crippen LogP contribution in [0, 0.1) is 5.92 Å². The summed E-state index contributed by atoms with van der Waals surface area (Å²) in [7, 11) is 0. The van der Waals surface area contributed by atoms with Crippen molar-refractivity contribution in [1.29, 1.82) is 0 Å². The van der Waals surface area contributed by atoms with E-state index in [0.717, 1.165) is 25.7 Å². The lowest BCUT2D eigenvalue weighted by atomic mass is 10.2. The normalized spacial score (nSPS) is 10.8. The summed E-state index contributed by atoms with van der Waals surface area (Å²) in [5, 5.41) is 2.47. The first-order chi connectivity index (χ1) is 46.4. The van der Waals surface area contributed by atoms with Gasteiger partial charge < -0.3 is 62.2 Å². The minimum atomic E-state index is -0.612. The van der Waals surface area contributed by atoms with Gasteiger partial charge in [0.2, 0.25) is 0 Å². The van der Waals surface area contributed by atoms with E-state index in [0.29, 0.717) is 212 Å². The molecule has 0 radical (unpaired) electrons. The van der Waals surface area contributed by atoms with E-state index in [-0.39, 0.29) is 176 Å². The standard InChI is InChI=1S/C71H119NO24/c1-58(2)57-96-69(82)44-24-13-33-54-93-67(80)42-22-11-31-52-91-65(78)40-20-9-29-50-89-63(76)38-18-7-27-48-87-61(74)36-16-5-25-46-85-60(73)35-15-6-26-47-86-62(75)37-17-8-28-49-88-64(77)39-19-10-30-51-90-66(79)41-21-12-32-53-92-68(81)43-23-14-34-55-95-71(84)72-45-56-94-70(83)59(3)4/h58H,3,5-57H2,1-2,4H3,(H,72,84). The molecule has 0 spiro atoms. The SMILES string of the molecule is C=C(C)C(=O)OCCNC(=O)OCCCCCC(=O)OCCCCCC(=O)OCCCCCC(=O)OCCCCCC(=O)OCCCCCC(=O)OCCCCCC(=O)OCCCCCC(=O)OCCCCCC(=O)OCCCCCC(=O)OCCCCCC(=O)OCC(C)C. The molecule has 96 heavy (non-hydrogen) atoms. The minimum Gasteiger partial charge on any atom is -0.466 e. The molecule has 0 atom stereocenters. The number of carbonyl (C=O) groups excluding carboxylic acids is 12. The zero-order valence-electron chi connectivity index (χ0n) is 58.6. The average molecular weight is 1370 g/mol. The maximum atomic E-state index is 12.1. The number of rotatable bonds is 66. The molecule has 552 valence electrons. The Balaban J connectivity index is 3.53. The molecule has 25 nitrogen and oxygen atoms in total. The second-order valence-electron chi connectivity index (χ2n) is 24.1. The lowest BCUT2D eigenvalue weighted by Crippen LogP contribution is -2.29. The van der Waals surface area contributed by atoms with Crippen LogP contribution in [0.5, 0.6) is 0 Å². The van der Waals surface area contributed by atoms with Crippen molar-refractivity contribution < 1.29 is 114 Å². The zero-order valence-corrected chi connectivity index (χ0v) is 58.6. The Bertz CT molecular complexity index is 2150. The van der Waals surface area contributed by atoms with E-state index in [1.165, 1.54) is 6.92 Å². The molecule has 0 saturated carbocycles. The van der Waals surface area contributed by atoms with Crippen LogP contribution in [0.15, 0.2) is 12.2 Å². The highest BCUT2D eigenvalue weighted by Gasteiger charge is 2.13. The summed E-state index contributed by atoms with van der Waals surface area (Å²) in [5.41, 5.74) is 0.275. The number of nitrogens with one attached hydrogen (secondary N) is 1. The number of hydrogen-bond donors (Lipinski definition) is 1. The number of esters is 11. The molecule has 0 aliphatic carbocycles. The molecule has 0 aromatic carbocycles. The Morgan fingerprint density at radius 1 is 0.250 bits per heavy atom. The van der Waals surface area contributed by atoms with Crippen LogP contribution in [0.25, 0.3) is 0 Å². The molecular weight excluding hydrogens is 1250 g/mol. The van der Waals surface area contributed by atoms with E-state index in [2.05, 4.69) is 11.9 Å². The van der Waals surface area contributed by atoms with Gasteiger partial charge in [-0.15, -0.1) is 0 Å². The second kappa shape index (κ2) is 65.5. The molecule has 0 heterocycles. The van der Waals surface area contributed by atoms with Crippen LogP contribution >= 0.6 is 0 Å². The minimum absolute atomic E-state index is 0.0165. The predicted molar refractivity (Wildman–Crippen MR) is 354 cm³/mol. The summed E-state index contributed by atoms with van der Waals surface area (Å²) in [6, 6.07) is 0. The molecule has 1 N–H and O–H groups in total. The number of amides is 1. The first-order valence-electron chi connectivity index (χ1n) is 35.7. The van der Waals surface area contributed by atoms with Gasteiger partial charge in [0.15, 0.2) is 0 Å². The van der Waals surface area contributed by atoms with Crippen molar-refractivity contribution in [1.82, 2.24) is 5.32 Å². The van der Waals surface area contributed by atoms with Crippen LogP contribution in [0.3, 0.4) is 0 Å². The molecule has 0 aliphatic heterocycles. The smallest absolute Gasteiger partial charge is 0.407 e. The van der Waals surface area contributed by atoms with Crippen molar-refractivity contribution in [3.63, 3.8) is 0 Å². The van der Waals surface area contributed by atoms with Crippen LogP contribution in [-0.2, 0) is 110 Å². The highest BCUT2D eigenvalue weighted by molar-refractivity contribution is 5.87. The number of ether oxygens (including phenoxy) is 12. The van der Waals surface area contributed by atoms with Crippen LogP contribution in [-0.4, -0.2) is 158 Å². The van der Waals surface area contributed by atoms with E-state index in [9.17, 15) is 57.5 Å². The molecule has 0 aromatic rings. The van der Waals surface area contributed by atoms with E-state index in [1.807, 2.05) is 13.8 Å². The van der Waals surface area contributed by atoms with Crippen molar-refractivity contribution in [3.8, 4) is 0 Å². The Morgan fingerprint density at radius 3 is 0.625 bits per heavy atom. The van der Waals surface area contributed by atoms with Gasteiger partial charge in [0.05, 0.1) is 79.2 Å². The monoisotopic (exact) mass is 1370 g/mol. The van der Waals surface area contributed by atoms with Gasteiger partial charge in [0.25, 0.3) is 0 Å². The van der Waals surface area contributed by atoms with Gasteiger partial charge in [-0.3, -0.25) is 47.9 Å². The Kier molecular flexibility index (Phi) is 60.8. The number of unbranched alkanes of at least 4 members (excludes halogenated alkanes) is 20. The highest BCUT2D eigenvalue weighted by Crippen LogP contribution is 2.13. The van der Waals surface area contributed by atoms with E-state index in [1.54, 1.807) is 0 Å². The van der Waals surface area contributed by atoms with Gasteiger partial charge in [-0.2, -0.15) is 0 Å². The third-order valence-electron chi connectivity index (χ3n) is 14.4. The fourth-order valence-corrected chi connectivity index (χ4v) is 8.77. The third-order valence-corrected chi connectivity index (χ3v) is 14.4. The first kappa shape index (κ1) is 89.2. The van der Waals surface area contributed by atoms with Crippen LogP contribution in [0.2, 0.25) is 0 Å². The van der Waals surface area contributed by atoms with Crippen molar-refractivity contribution in [2.45, 2.75) is 278 Å². The molecule has 0 unspecified atom stereocenters. The van der Waals surface area contributed by atoms with Crippen molar-refractivity contribution >= 4 is 71.8 Å². The molecule has 0 aliphatic rings. The average Bonchev–Trinajstić information content (AvgIpc) is 3.71. The van der Waals surface area contributed by atoms with Crippen LogP contribution in [0.4, 0.5) is 4.79 Å². The van der Waals surface area contributed by atoms with E-state index >= 15 is 0 Å². The molecule has 0 bridgehead atoms. The fraction of sp³-hybridized carbons (Fsp3) is 0.803. The van der Waals surface area contributed by atoms with Crippen molar-refractivity contribution in [2.24, 2.45) is 5.92 Å². The van der Waals surface area contributed by atoms with Crippen LogP contribution < -0.4 is 5.32 Å². The number of alkyl carbamates (subject to hydrolysis) is 1. The van der Waals surface area contributed by atoms with E-state index in [4.69, 9.17) is 56.8 Å². The number of carbonyl (C=O) groups is 12. The summed E-state index contributed by atoms with van der Waals surface area (Å²) in [6.45, 7) is 12.3. The topological polar surface area (TPSA) is 328 Å². The van der Waals surface area contributed by atoms with Gasteiger partial charge in [-0.1, -0.05) is 20.4 Å². The summed E-state index contributed by atoms with van der Waals surface area (Å²) in [4.78, 5) is 143. The molecule has 0 aromatic heterocycles. The van der Waals surface area contributed by atoms with Crippen molar-refractivity contribution in [3.05, 3.63) is 12.2 Å². The molecule has 0 saturated heterocycles. The van der Waals surface area contributed by atoms with E-state index < -0.39 is 12.1 Å². The maximum Gasteiger partial charge on any atom is 0.407 e. The number of hydrogen-bond acceptors (Lipinski definition) is 24. The summed E-state index contributed by atoms with van der Waals surface area (Å²) >= 11 is 0. The molecule has 1 amide bonds. The summed E-state index contributed by atoms with van der Waals surface area (Å²) in [5.74, 6) is -2.94. The first-order valence-corrected chi connectivity index (χ1v) is 35.7. The summed E-state index contributed by atoms with van der Waals surface area (Å²) in [6.07, 6.45) is 22.3. The quantitative estimate of drug-likeness (QED) is 0.0256. The molecule has 0 fully saturated rings. The van der Waals surface area contributed by atoms with Gasteiger partial charge >= 0.3 is 71.8 Å². The van der Waals surface area contributed by atoms with Gasteiger partial charge in [0, 0.05) is 69.8 Å². The van der Waals surface area contributed by atoms with Crippen molar-refractivity contribution in [2.75, 3.05) is 85.8 Å². The highest BCUT2D eigenvalue weighted by atomic mass is 16.6. The largest absolute Gasteiger partial charge is 0.466 e. The Labute approximate surface area is 570 Å². The Hall–Kier alpha value is -6.82. The van der Waals surface area contributed by atoms with Gasteiger partial charge in [-0.25, -0.2) is 9.59 Å². The second-order valence-corrected chi connectivity index (χ2v) is 24.1. The molecule has 25 heteroatoms. The predicted octanol–water partition coefficient (Wildman–Crippen LogP) is 12.5. The third kappa shape index (κ3) is 65.8. The molecular formula is C71H119NO24. The molecule has 0 rings (SSSR count). The van der Waals surface area contributed by atoms with Gasteiger partial charge in [0.1, 0.15) is 6.61 Å². The lowest BCUT2D eigenvalue weighted by molar-refractivity contribution is -0.146. The fourth-order valence-electron chi connectivity index (χ4n) is 8.77.